The molecule has 26 heavy (non-hydrogen) atoms. The van der Waals surface area contributed by atoms with Crippen LogP contribution in [0.5, 0.6) is 5.75 Å². The maximum atomic E-state index is 12.5. The number of carbonyl (C=O) groups excluding carboxylic acids is 1. The number of nitrogens with zero attached hydrogens (tertiary/aromatic N) is 3. The Morgan fingerprint density at radius 2 is 2.04 bits per heavy atom. The van der Waals surface area contributed by atoms with Crippen LogP contribution in [-0.4, -0.2) is 25.8 Å². The van der Waals surface area contributed by atoms with Crippen LogP contribution in [0.3, 0.4) is 0 Å². The number of anilines is 3. The van der Waals surface area contributed by atoms with Crippen LogP contribution >= 0.6 is 11.3 Å². The van der Waals surface area contributed by atoms with Gasteiger partial charge in [0.1, 0.15) is 10.6 Å². The van der Waals surface area contributed by atoms with Gasteiger partial charge >= 0.3 is 0 Å². The summed E-state index contributed by atoms with van der Waals surface area (Å²) < 4.78 is 1.84. The van der Waals surface area contributed by atoms with E-state index in [4.69, 9.17) is 0 Å². The van der Waals surface area contributed by atoms with Crippen LogP contribution in [-0.2, 0) is 6.54 Å². The van der Waals surface area contributed by atoms with Gasteiger partial charge in [-0.15, -0.1) is 0 Å². The van der Waals surface area contributed by atoms with Gasteiger partial charge in [-0.1, -0.05) is 17.4 Å². The van der Waals surface area contributed by atoms with E-state index in [1.165, 1.54) is 17.5 Å². The fraction of sp³-hybridized carbons (Fsp3) is 0.278. The van der Waals surface area contributed by atoms with Crippen molar-refractivity contribution in [1.82, 2.24) is 14.8 Å². The van der Waals surface area contributed by atoms with Crippen LogP contribution in [0.4, 0.5) is 16.6 Å². The highest BCUT2D eigenvalue weighted by Crippen LogP contribution is 2.29. The molecule has 0 aliphatic rings. The number of phenols is 1. The molecule has 3 aromatic rings. The molecular weight excluding hydrogens is 350 g/mol. The monoisotopic (exact) mass is 371 g/mol. The lowest BCUT2D eigenvalue weighted by molar-refractivity contribution is 0.103. The number of phenolic OH excluding ortho intramolecular Hbond substituents is 1. The number of aromatic hydroxyl groups is 1. The van der Waals surface area contributed by atoms with Gasteiger partial charge in [0, 0.05) is 23.9 Å². The highest BCUT2D eigenvalue weighted by atomic mass is 32.1. The number of rotatable bonds is 5. The zero-order valence-electron chi connectivity index (χ0n) is 15.1. The minimum Gasteiger partial charge on any atom is -0.508 e. The van der Waals surface area contributed by atoms with Crippen LogP contribution in [0.2, 0.25) is 0 Å². The molecule has 3 rings (SSSR count). The molecule has 136 valence electrons. The average Bonchev–Trinajstić information content (AvgIpc) is 3.22. The Labute approximate surface area is 155 Å². The number of nitrogens with one attached hydrogen (secondary N) is 2. The first-order valence-electron chi connectivity index (χ1n) is 8.26. The van der Waals surface area contributed by atoms with Gasteiger partial charge < -0.3 is 15.7 Å². The molecule has 0 aliphatic heterocycles. The van der Waals surface area contributed by atoms with Crippen molar-refractivity contribution < 1.29 is 9.90 Å². The number of hydrogen-bond acceptors (Lipinski definition) is 6. The van der Waals surface area contributed by atoms with E-state index in [1.807, 2.05) is 31.6 Å². The molecule has 3 N–H and O–H groups in total. The lowest BCUT2D eigenvalue weighted by Gasteiger charge is -2.11. The number of aromatic nitrogens is 3. The highest BCUT2D eigenvalue weighted by Gasteiger charge is 2.15. The molecule has 0 bridgehead atoms. The van der Waals surface area contributed by atoms with Gasteiger partial charge in [-0.3, -0.25) is 9.48 Å². The molecule has 1 amide bonds. The van der Waals surface area contributed by atoms with Crippen molar-refractivity contribution in [2.75, 3.05) is 10.6 Å². The minimum absolute atomic E-state index is 0.152. The first-order chi connectivity index (χ1) is 12.4. The van der Waals surface area contributed by atoms with Gasteiger partial charge in [-0.05, 0) is 39.3 Å². The maximum Gasteiger partial charge on any atom is 0.267 e. The summed E-state index contributed by atoms with van der Waals surface area (Å²) in [4.78, 5) is 17.3. The van der Waals surface area contributed by atoms with E-state index < -0.39 is 0 Å². The van der Waals surface area contributed by atoms with Crippen molar-refractivity contribution >= 4 is 33.9 Å². The highest BCUT2D eigenvalue weighted by molar-refractivity contribution is 7.17. The third-order valence-corrected chi connectivity index (χ3v) is 5.02. The second-order valence-electron chi connectivity index (χ2n) is 6.03. The van der Waals surface area contributed by atoms with E-state index >= 15 is 0 Å². The van der Waals surface area contributed by atoms with Crippen molar-refractivity contribution in [3.63, 3.8) is 0 Å². The molecular formula is C18H21N5O2S. The summed E-state index contributed by atoms with van der Waals surface area (Å²) in [6.07, 6.45) is 3.49. The molecule has 0 fully saturated rings. The zero-order chi connectivity index (χ0) is 18.8. The van der Waals surface area contributed by atoms with Crippen molar-refractivity contribution in [3.05, 3.63) is 46.1 Å². The van der Waals surface area contributed by atoms with E-state index in [-0.39, 0.29) is 11.7 Å². The molecule has 8 heteroatoms. The lowest BCUT2D eigenvalue weighted by atomic mass is 10.1. The van der Waals surface area contributed by atoms with E-state index in [9.17, 15) is 9.90 Å². The Kier molecular flexibility index (Phi) is 4.94. The standard InChI is InChI=1S/C18H21N5O2S/c1-5-23-9-11(3)16(22-23)21-18-19-8-14(26-18)17(25)20-15-10(2)6-7-13(24)12(15)4/h6-9,24H,5H2,1-4H3,(H,20,25)(H,19,21,22). The van der Waals surface area contributed by atoms with E-state index in [1.54, 1.807) is 19.1 Å². The summed E-state index contributed by atoms with van der Waals surface area (Å²) in [6, 6.07) is 3.39. The molecule has 0 aliphatic carbocycles. The SMILES string of the molecule is CCn1cc(C)c(Nc2ncc(C(=O)Nc3c(C)ccc(O)c3C)s2)n1. The van der Waals surface area contributed by atoms with Gasteiger partial charge in [0.2, 0.25) is 0 Å². The molecule has 0 atom stereocenters. The maximum absolute atomic E-state index is 12.5. The summed E-state index contributed by atoms with van der Waals surface area (Å²) >= 11 is 1.25. The largest absolute Gasteiger partial charge is 0.508 e. The predicted molar refractivity (Wildman–Crippen MR) is 104 cm³/mol. The second kappa shape index (κ2) is 7.17. The van der Waals surface area contributed by atoms with Gasteiger partial charge in [0.05, 0.1) is 11.9 Å². The molecule has 0 radical (unpaired) electrons. The Morgan fingerprint density at radius 1 is 1.27 bits per heavy atom. The Balaban J connectivity index is 1.76. The number of hydrogen-bond donors (Lipinski definition) is 3. The molecule has 2 aromatic heterocycles. The van der Waals surface area contributed by atoms with Crippen LogP contribution in [0.25, 0.3) is 0 Å². The second-order valence-corrected chi connectivity index (χ2v) is 7.06. The Hall–Kier alpha value is -2.87. The molecule has 0 unspecified atom stereocenters. The molecule has 0 saturated carbocycles. The topological polar surface area (TPSA) is 92.1 Å². The van der Waals surface area contributed by atoms with Crippen LogP contribution < -0.4 is 10.6 Å². The van der Waals surface area contributed by atoms with E-state index in [2.05, 4.69) is 20.7 Å². The van der Waals surface area contributed by atoms with Gasteiger partial charge in [-0.2, -0.15) is 5.10 Å². The fourth-order valence-electron chi connectivity index (χ4n) is 2.55. The number of thiazole rings is 1. The van der Waals surface area contributed by atoms with Crippen molar-refractivity contribution in [2.45, 2.75) is 34.2 Å². The molecule has 0 saturated heterocycles. The third-order valence-electron chi connectivity index (χ3n) is 4.11. The Bertz CT molecular complexity index is 961. The first-order valence-corrected chi connectivity index (χ1v) is 9.08. The third kappa shape index (κ3) is 3.55. The molecule has 7 nitrogen and oxygen atoms in total. The summed E-state index contributed by atoms with van der Waals surface area (Å²) in [5, 5.41) is 20.9. The first kappa shape index (κ1) is 17.9. The van der Waals surface area contributed by atoms with Crippen molar-refractivity contribution in [2.24, 2.45) is 0 Å². The van der Waals surface area contributed by atoms with Gasteiger partial charge in [0.25, 0.3) is 5.91 Å². The lowest BCUT2D eigenvalue weighted by Crippen LogP contribution is -2.12. The summed E-state index contributed by atoms with van der Waals surface area (Å²) in [6.45, 7) is 8.43. The number of carbonyl (C=O) groups is 1. The van der Waals surface area contributed by atoms with Crippen LogP contribution in [0.1, 0.15) is 33.3 Å². The molecule has 1 aromatic carbocycles. The number of aryl methyl sites for hydroxylation is 3. The fourth-order valence-corrected chi connectivity index (χ4v) is 3.26. The zero-order valence-corrected chi connectivity index (χ0v) is 15.9. The smallest absolute Gasteiger partial charge is 0.267 e. The van der Waals surface area contributed by atoms with Crippen molar-refractivity contribution in [3.8, 4) is 5.75 Å². The van der Waals surface area contributed by atoms with Gasteiger partial charge in [0.15, 0.2) is 10.9 Å². The Morgan fingerprint density at radius 3 is 2.73 bits per heavy atom. The quantitative estimate of drug-likeness (QED) is 0.631. The normalized spacial score (nSPS) is 10.8. The minimum atomic E-state index is -0.261. The van der Waals surface area contributed by atoms with Crippen molar-refractivity contribution in [1.29, 1.82) is 0 Å². The van der Waals surface area contributed by atoms with Crippen LogP contribution in [0, 0.1) is 20.8 Å². The number of amides is 1. The van der Waals surface area contributed by atoms with E-state index in [0.717, 1.165) is 23.5 Å². The summed E-state index contributed by atoms with van der Waals surface area (Å²) in [5.74, 6) is 0.621. The number of benzene rings is 1. The summed E-state index contributed by atoms with van der Waals surface area (Å²) in [7, 11) is 0. The van der Waals surface area contributed by atoms with Crippen LogP contribution in [0.15, 0.2) is 24.5 Å². The van der Waals surface area contributed by atoms with Gasteiger partial charge in [-0.25, -0.2) is 4.98 Å². The summed E-state index contributed by atoms with van der Waals surface area (Å²) in [5.41, 5.74) is 3.16. The molecule has 2 heterocycles. The average molecular weight is 371 g/mol. The van der Waals surface area contributed by atoms with E-state index in [0.29, 0.717) is 21.3 Å². The molecule has 0 spiro atoms. The predicted octanol–water partition coefficient (Wildman–Crippen LogP) is 3.99.